The summed E-state index contributed by atoms with van der Waals surface area (Å²) < 4.78 is 2.51. The van der Waals surface area contributed by atoms with Gasteiger partial charge in [-0.05, 0) is 93.8 Å². The number of aromatic amines is 1. The molecule has 4 aliphatic rings. The molecule has 0 radical (unpaired) electrons. The second kappa shape index (κ2) is 7.63. The standard InChI is InChI=1S/C24H32N4OS/c1-15-4-3-5-20(8-15)22-26-27-23(30)28(22)7-6-21(29)25-16(2)24-12-17-9-18(13-24)11-19(10-17)14-24/h3-5,8,16-19H,6-7,9-14H2,1-2H3,(H,25,29)(H,27,30)/t16-,17?,18?,19?,24?/m0/s1. The van der Waals surface area contributed by atoms with Crippen molar-refractivity contribution in [2.75, 3.05) is 0 Å². The van der Waals surface area contributed by atoms with E-state index < -0.39 is 0 Å². The summed E-state index contributed by atoms with van der Waals surface area (Å²) in [6.45, 7) is 4.85. The fraction of sp³-hybridized carbons (Fsp3) is 0.625. The van der Waals surface area contributed by atoms with Crippen molar-refractivity contribution in [3.8, 4) is 11.4 Å². The Morgan fingerprint density at radius 1 is 1.27 bits per heavy atom. The molecule has 6 rings (SSSR count). The molecule has 0 saturated heterocycles. The lowest BCUT2D eigenvalue weighted by Gasteiger charge is -2.59. The van der Waals surface area contributed by atoms with Gasteiger partial charge < -0.3 is 5.32 Å². The molecule has 4 bridgehead atoms. The van der Waals surface area contributed by atoms with Crippen molar-refractivity contribution in [1.29, 1.82) is 0 Å². The lowest BCUT2D eigenvalue weighted by atomic mass is 9.48. The van der Waals surface area contributed by atoms with Gasteiger partial charge in [0.05, 0.1) is 0 Å². The molecule has 5 nitrogen and oxygen atoms in total. The first-order chi connectivity index (χ1) is 14.4. The van der Waals surface area contributed by atoms with E-state index in [1.807, 2.05) is 16.7 Å². The molecule has 1 heterocycles. The van der Waals surface area contributed by atoms with Crippen LogP contribution in [0.25, 0.3) is 11.4 Å². The van der Waals surface area contributed by atoms with Gasteiger partial charge in [0.1, 0.15) is 0 Å². The zero-order chi connectivity index (χ0) is 20.9. The van der Waals surface area contributed by atoms with Gasteiger partial charge in [-0.25, -0.2) is 0 Å². The molecule has 0 unspecified atom stereocenters. The van der Waals surface area contributed by atoms with Gasteiger partial charge in [-0.15, -0.1) is 0 Å². The predicted octanol–water partition coefficient (Wildman–Crippen LogP) is 5.03. The number of aromatic nitrogens is 3. The summed E-state index contributed by atoms with van der Waals surface area (Å²) in [4.78, 5) is 12.9. The second-order valence-electron chi connectivity index (χ2n) is 10.2. The van der Waals surface area contributed by atoms with Gasteiger partial charge in [0.15, 0.2) is 10.6 Å². The first-order valence-corrected chi connectivity index (χ1v) is 11.8. The van der Waals surface area contributed by atoms with Crippen molar-refractivity contribution in [2.45, 2.75) is 71.4 Å². The van der Waals surface area contributed by atoms with E-state index in [-0.39, 0.29) is 11.9 Å². The van der Waals surface area contributed by atoms with Crippen LogP contribution < -0.4 is 5.32 Å². The Labute approximate surface area is 183 Å². The van der Waals surface area contributed by atoms with Crippen LogP contribution in [-0.2, 0) is 11.3 Å². The number of rotatable bonds is 6. The third-order valence-electron chi connectivity index (χ3n) is 7.98. The molecule has 2 aromatic rings. The highest BCUT2D eigenvalue weighted by molar-refractivity contribution is 7.71. The summed E-state index contributed by atoms with van der Waals surface area (Å²) in [6.07, 6.45) is 8.64. The molecule has 30 heavy (non-hydrogen) atoms. The Balaban J connectivity index is 1.24. The fourth-order valence-electron chi connectivity index (χ4n) is 6.92. The number of benzene rings is 1. The van der Waals surface area contributed by atoms with Crippen LogP contribution in [0.1, 0.15) is 57.4 Å². The van der Waals surface area contributed by atoms with Gasteiger partial charge in [0.2, 0.25) is 5.91 Å². The van der Waals surface area contributed by atoms with Gasteiger partial charge in [0.25, 0.3) is 0 Å². The van der Waals surface area contributed by atoms with Crippen molar-refractivity contribution in [1.82, 2.24) is 20.1 Å². The van der Waals surface area contributed by atoms with Gasteiger partial charge >= 0.3 is 0 Å². The van der Waals surface area contributed by atoms with E-state index in [1.54, 1.807) is 0 Å². The van der Waals surface area contributed by atoms with Crippen LogP contribution in [0.2, 0.25) is 0 Å². The maximum Gasteiger partial charge on any atom is 0.222 e. The van der Waals surface area contributed by atoms with Crippen LogP contribution in [0.3, 0.4) is 0 Å². The second-order valence-corrected chi connectivity index (χ2v) is 10.6. The van der Waals surface area contributed by atoms with E-state index in [4.69, 9.17) is 12.2 Å². The summed E-state index contributed by atoms with van der Waals surface area (Å²) >= 11 is 5.44. The van der Waals surface area contributed by atoms with Gasteiger partial charge in [-0.2, -0.15) is 5.10 Å². The summed E-state index contributed by atoms with van der Waals surface area (Å²) in [5.41, 5.74) is 2.53. The average molecular weight is 425 g/mol. The lowest BCUT2D eigenvalue weighted by molar-refractivity contribution is -0.126. The number of nitrogens with one attached hydrogen (secondary N) is 2. The zero-order valence-corrected chi connectivity index (χ0v) is 18.8. The number of amides is 1. The van der Waals surface area contributed by atoms with E-state index in [0.29, 0.717) is 23.2 Å². The molecular formula is C24H32N4OS. The van der Waals surface area contributed by atoms with Crippen molar-refractivity contribution < 1.29 is 4.79 Å². The summed E-state index contributed by atoms with van der Waals surface area (Å²) in [5.74, 6) is 3.62. The largest absolute Gasteiger partial charge is 0.353 e. The number of nitrogens with zero attached hydrogens (tertiary/aromatic N) is 2. The molecule has 1 aromatic carbocycles. The molecule has 0 spiro atoms. The van der Waals surface area contributed by atoms with Crippen LogP contribution >= 0.6 is 12.2 Å². The number of hydrogen-bond acceptors (Lipinski definition) is 3. The Hall–Kier alpha value is -1.95. The van der Waals surface area contributed by atoms with E-state index in [2.05, 4.69) is 41.5 Å². The van der Waals surface area contributed by atoms with E-state index in [0.717, 1.165) is 29.1 Å². The van der Waals surface area contributed by atoms with E-state index >= 15 is 0 Å². The minimum Gasteiger partial charge on any atom is -0.353 e. The van der Waals surface area contributed by atoms with Crippen LogP contribution in [0.15, 0.2) is 24.3 Å². The number of carbonyl (C=O) groups excluding carboxylic acids is 1. The minimum absolute atomic E-state index is 0.122. The van der Waals surface area contributed by atoms with Crippen molar-refractivity contribution in [3.63, 3.8) is 0 Å². The number of aryl methyl sites for hydroxylation is 1. The molecule has 4 saturated carbocycles. The normalized spacial score (nSPS) is 30.4. The molecule has 0 aliphatic heterocycles. The van der Waals surface area contributed by atoms with Gasteiger partial charge in [-0.3, -0.25) is 14.5 Å². The smallest absolute Gasteiger partial charge is 0.222 e. The quantitative estimate of drug-likeness (QED) is 0.640. The van der Waals surface area contributed by atoms with Crippen LogP contribution in [0.4, 0.5) is 0 Å². The van der Waals surface area contributed by atoms with Gasteiger partial charge in [-0.1, -0.05) is 23.8 Å². The van der Waals surface area contributed by atoms with Crippen molar-refractivity contribution in [2.24, 2.45) is 23.2 Å². The van der Waals surface area contributed by atoms with Crippen LogP contribution in [-0.4, -0.2) is 26.7 Å². The summed E-state index contributed by atoms with van der Waals surface area (Å²) in [6, 6.07) is 8.47. The Morgan fingerprint density at radius 2 is 1.93 bits per heavy atom. The highest BCUT2D eigenvalue weighted by atomic mass is 32.1. The average Bonchev–Trinajstić information content (AvgIpc) is 3.06. The minimum atomic E-state index is 0.122. The van der Waals surface area contributed by atoms with Crippen LogP contribution in [0, 0.1) is 34.9 Å². The summed E-state index contributed by atoms with van der Waals surface area (Å²) in [7, 11) is 0. The molecule has 4 aliphatic carbocycles. The first kappa shape index (κ1) is 20.0. The molecule has 1 atom stereocenters. The highest BCUT2D eigenvalue weighted by Crippen LogP contribution is 2.61. The van der Waals surface area contributed by atoms with Crippen molar-refractivity contribution >= 4 is 18.1 Å². The Bertz CT molecular complexity index is 971. The monoisotopic (exact) mass is 424 g/mol. The molecule has 6 heteroatoms. The maximum atomic E-state index is 12.9. The molecule has 1 amide bonds. The van der Waals surface area contributed by atoms with E-state index in [1.165, 1.54) is 44.1 Å². The zero-order valence-electron chi connectivity index (χ0n) is 18.0. The van der Waals surface area contributed by atoms with E-state index in [9.17, 15) is 4.79 Å². The number of H-pyrrole nitrogens is 1. The highest BCUT2D eigenvalue weighted by Gasteiger charge is 2.53. The first-order valence-electron chi connectivity index (χ1n) is 11.4. The van der Waals surface area contributed by atoms with Gasteiger partial charge in [0, 0.05) is 24.6 Å². The van der Waals surface area contributed by atoms with Crippen LogP contribution in [0.5, 0.6) is 0 Å². The number of hydrogen-bond donors (Lipinski definition) is 2. The maximum absolute atomic E-state index is 12.9. The summed E-state index contributed by atoms with van der Waals surface area (Å²) in [5, 5.41) is 10.7. The lowest BCUT2D eigenvalue weighted by Crippen LogP contribution is -2.55. The Morgan fingerprint density at radius 3 is 2.57 bits per heavy atom. The molecular weight excluding hydrogens is 392 g/mol. The SMILES string of the molecule is Cc1cccc(-c2n[nH]c(=S)n2CCC(=O)N[C@@H](C)C23CC4CC(CC(C4)C2)C3)c1. The third kappa shape index (κ3) is 3.64. The Kier molecular flexibility index (Phi) is 5.08. The third-order valence-corrected chi connectivity index (χ3v) is 8.29. The molecule has 4 fully saturated rings. The predicted molar refractivity (Wildman–Crippen MR) is 120 cm³/mol. The fourth-order valence-corrected chi connectivity index (χ4v) is 7.14. The topological polar surface area (TPSA) is 62.7 Å². The molecule has 160 valence electrons. The molecule has 1 aromatic heterocycles. The molecule has 2 N–H and O–H groups in total. The van der Waals surface area contributed by atoms with Crippen molar-refractivity contribution in [3.05, 3.63) is 34.6 Å². The number of carbonyl (C=O) groups is 1.